The molecule has 313 valence electrons. The molecule has 1 aliphatic rings. The van der Waals surface area contributed by atoms with Gasteiger partial charge in [-0.15, -0.1) is 40.5 Å². The zero-order chi connectivity index (χ0) is 41.5. The summed E-state index contributed by atoms with van der Waals surface area (Å²) in [5.41, 5.74) is 5.66. The molecule has 6 aromatic rings. The quantitative estimate of drug-likeness (QED) is 0.0575. The zero-order valence-electron chi connectivity index (χ0n) is 36.5. The first-order valence-electron chi connectivity index (χ1n) is 21.9. The molecule has 3 nitrogen and oxygen atoms in total. The summed E-state index contributed by atoms with van der Waals surface area (Å²) in [7, 11) is -2.38. The minimum atomic E-state index is -2.38. The van der Waals surface area contributed by atoms with Crippen molar-refractivity contribution in [2.24, 2.45) is 11.8 Å². The van der Waals surface area contributed by atoms with Crippen LogP contribution in [-0.4, -0.2) is 23.9 Å². The number of aromatic nitrogens is 1. The number of rotatable bonds is 12. The number of aryl methyl sites for hydroxylation is 1. The van der Waals surface area contributed by atoms with Crippen molar-refractivity contribution in [1.29, 1.82) is 0 Å². The van der Waals surface area contributed by atoms with E-state index in [1.165, 1.54) is 64.8 Å². The molecule has 0 unspecified atom stereocenters. The number of aliphatic hydroxyl groups is 1. The maximum atomic E-state index is 11.7. The number of nitrogens with zero attached hydrogens (tertiary/aromatic N) is 1. The van der Waals surface area contributed by atoms with Crippen LogP contribution in [-0.2, 0) is 30.3 Å². The molecule has 1 fully saturated rings. The van der Waals surface area contributed by atoms with Gasteiger partial charge in [-0.3, -0.25) is 9.78 Å². The standard InChI is InChI=1S/C40H40NSSi.C13H24O2.Ir/c1-28-34-24-25-41-37(30-26-29-16-14-15-23-35(29)36(27-30)40(2,3)4)38(34)42-39(28)43(31-17-8-5-9-18-31,32-19-10-6-11-20-32)33-21-12-7-13-22-33;1-5-10(6-2)12(14)9-13(15)11(7-3)8-4;/h5-6,8-11,14-20,23-25,27,33H,7,12-13,21-22H2,1-4H3;9-11,14H,5-8H2,1-4H3;/q-1;;/b;12-9-;. The Morgan fingerprint density at radius 3 is 1.93 bits per heavy atom. The minimum absolute atomic E-state index is 0. The predicted octanol–water partition coefficient (Wildman–Crippen LogP) is 13.2. The Balaban J connectivity index is 0.000000355. The van der Waals surface area contributed by atoms with E-state index in [2.05, 4.69) is 131 Å². The average Bonchev–Trinajstić information content (AvgIpc) is 3.58. The Morgan fingerprint density at radius 1 is 0.814 bits per heavy atom. The second-order valence-corrected chi connectivity index (χ2v) is 22.8. The van der Waals surface area contributed by atoms with Crippen molar-refractivity contribution in [2.45, 2.75) is 124 Å². The van der Waals surface area contributed by atoms with Gasteiger partial charge in [0.15, 0.2) is 13.9 Å². The molecule has 1 N–H and O–H groups in total. The Kier molecular flexibility index (Phi) is 16.3. The second kappa shape index (κ2) is 20.7. The summed E-state index contributed by atoms with van der Waals surface area (Å²) in [6.07, 6.45) is 13.6. The zero-order valence-corrected chi connectivity index (χ0v) is 40.7. The van der Waals surface area contributed by atoms with Crippen molar-refractivity contribution in [3.8, 4) is 11.3 Å². The maximum absolute atomic E-state index is 11.7. The van der Waals surface area contributed by atoms with Crippen molar-refractivity contribution in [2.75, 3.05) is 0 Å². The van der Waals surface area contributed by atoms with Gasteiger partial charge in [0.05, 0.1) is 5.76 Å². The SMILES string of the molecule is CCC(CC)C(=O)/C=C(\O)C(CC)CC.Cc1c([Si](c2ccccc2)(c2ccccc2)C2CCCCC2)sc2c(-c3[c-]c4ccccc4c(C(C)(C)C)c3)nccc12.[Ir]. The molecule has 1 radical (unpaired) electrons. The second-order valence-electron chi connectivity index (χ2n) is 17.4. The van der Waals surface area contributed by atoms with Crippen LogP contribution in [0.3, 0.4) is 0 Å². The van der Waals surface area contributed by atoms with E-state index in [-0.39, 0.29) is 48.9 Å². The molecule has 4 aromatic carbocycles. The number of pyridine rings is 1. The van der Waals surface area contributed by atoms with Crippen molar-refractivity contribution < 1.29 is 30.0 Å². The van der Waals surface area contributed by atoms with Crippen LogP contribution in [0.2, 0.25) is 5.54 Å². The van der Waals surface area contributed by atoms with Gasteiger partial charge in [0.1, 0.15) is 0 Å². The summed E-state index contributed by atoms with van der Waals surface area (Å²) in [5.74, 6) is 0.547. The Bertz CT molecular complexity index is 2270. The number of hydrogen-bond donors (Lipinski definition) is 1. The maximum Gasteiger partial charge on any atom is 0.163 e. The van der Waals surface area contributed by atoms with Crippen LogP contribution < -0.4 is 14.9 Å². The van der Waals surface area contributed by atoms with Gasteiger partial charge in [0.25, 0.3) is 0 Å². The molecule has 2 aromatic heterocycles. The van der Waals surface area contributed by atoms with E-state index >= 15 is 0 Å². The fourth-order valence-corrected chi connectivity index (χ4v) is 18.3. The van der Waals surface area contributed by atoms with E-state index in [4.69, 9.17) is 4.98 Å². The molecule has 7 rings (SSSR count). The van der Waals surface area contributed by atoms with Gasteiger partial charge >= 0.3 is 0 Å². The van der Waals surface area contributed by atoms with Crippen molar-refractivity contribution in [1.82, 2.24) is 4.98 Å². The normalized spacial score (nSPS) is 14.0. The summed E-state index contributed by atoms with van der Waals surface area (Å²) < 4.78 is 2.92. The van der Waals surface area contributed by atoms with Crippen molar-refractivity contribution in [3.05, 3.63) is 132 Å². The fourth-order valence-electron chi connectivity index (χ4n) is 9.50. The van der Waals surface area contributed by atoms with Crippen LogP contribution in [0.5, 0.6) is 0 Å². The van der Waals surface area contributed by atoms with E-state index in [0.717, 1.165) is 42.3 Å². The Labute approximate surface area is 373 Å². The Morgan fingerprint density at radius 2 is 1.37 bits per heavy atom. The first-order chi connectivity index (χ1) is 28.0. The van der Waals surface area contributed by atoms with E-state index < -0.39 is 8.07 Å². The number of thiophene rings is 1. The smallest absolute Gasteiger partial charge is 0.163 e. The molecule has 1 saturated carbocycles. The largest absolute Gasteiger partial charge is 0.512 e. The molecule has 0 amide bonds. The summed E-state index contributed by atoms with van der Waals surface area (Å²) >= 11 is 2.03. The number of aliphatic hydroxyl groups excluding tert-OH is 1. The van der Waals surface area contributed by atoms with Gasteiger partial charge in [0, 0.05) is 59.1 Å². The Hall–Kier alpha value is -3.67. The van der Waals surface area contributed by atoms with E-state index in [0.29, 0.717) is 5.54 Å². The first kappa shape index (κ1) is 46.4. The summed E-state index contributed by atoms with van der Waals surface area (Å²) in [4.78, 5) is 16.8. The van der Waals surface area contributed by atoms with Crippen LogP contribution in [0.25, 0.3) is 32.1 Å². The van der Waals surface area contributed by atoms with E-state index in [1.54, 1.807) is 14.9 Å². The topological polar surface area (TPSA) is 50.2 Å². The van der Waals surface area contributed by atoms with Gasteiger partial charge in [0.2, 0.25) is 0 Å². The number of fused-ring (bicyclic) bond motifs is 2. The van der Waals surface area contributed by atoms with E-state index in [9.17, 15) is 9.90 Å². The van der Waals surface area contributed by atoms with Gasteiger partial charge in [-0.1, -0.05) is 170 Å². The number of hydrogen-bond acceptors (Lipinski definition) is 4. The predicted molar refractivity (Wildman–Crippen MR) is 253 cm³/mol. The molecular weight excluding hydrogens is 935 g/mol. The summed E-state index contributed by atoms with van der Waals surface area (Å²) in [6.45, 7) is 17.4. The molecule has 1 aliphatic carbocycles. The van der Waals surface area contributed by atoms with Crippen LogP contribution in [0, 0.1) is 24.8 Å². The average molecular weight is 999 g/mol. The van der Waals surface area contributed by atoms with E-state index in [1.807, 2.05) is 45.2 Å². The molecule has 59 heavy (non-hydrogen) atoms. The third-order valence-corrected chi connectivity index (χ3v) is 20.6. The monoisotopic (exact) mass is 999 g/mol. The van der Waals surface area contributed by atoms with Crippen LogP contribution in [0.4, 0.5) is 0 Å². The van der Waals surface area contributed by atoms with Crippen LogP contribution >= 0.6 is 11.3 Å². The number of carbonyl (C=O) groups excluding carboxylic acids is 1. The summed E-state index contributed by atoms with van der Waals surface area (Å²) in [6, 6.07) is 40.3. The third-order valence-electron chi connectivity index (χ3n) is 12.8. The fraction of sp³-hybridized carbons (Fsp3) is 0.396. The van der Waals surface area contributed by atoms with Gasteiger partial charge in [-0.2, -0.15) is 0 Å². The van der Waals surface area contributed by atoms with Gasteiger partial charge < -0.3 is 5.11 Å². The number of benzene rings is 4. The first-order valence-corrected chi connectivity index (χ1v) is 24.8. The van der Waals surface area contributed by atoms with Crippen LogP contribution in [0.15, 0.2) is 115 Å². The van der Waals surface area contributed by atoms with Gasteiger partial charge in [-0.25, -0.2) is 0 Å². The molecular formula is C53H64IrNO2SSi-. The molecule has 6 heteroatoms. The molecule has 0 spiro atoms. The number of carbonyl (C=O) groups is 1. The number of allylic oxidation sites excluding steroid dienone is 2. The molecule has 0 aliphatic heterocycles. The van der Waals surface area contributed by atoms with Crippen LogP contribution in [0.1, 0.15) is 117 Å². The number of ketones is 1. The molecule has 0 saturated heterocycles. The third kappa shape index (κ3) is 9.78. The molecule has 2 heterocycles. The van der Waals surface area contributed by atoms with Crippen molar-refractivity contribution >= 4 is 60.9 Å². The minimum Gasteiger partial charge on any atom is -0.512 e. The van der Waals surface area contributed by atoms with Crippen molar-refractivity contribution in [3.63, 3.8) is 0 Å². The summed E-state index contributed by atoms with van der Waals surface area (Å²) in [5, 5.41) is 16.6. The molecule has 0 bridgehead atoms. The molecule has 0 atom stereocenters. The van der Waals surface area contributed by atoms with Gasteiger partial charge in [-0.05, 0) is 71.0 Å².